The average Bonchev–Trinajstić information content (AvgIpc) is 2.93. The molecule has 2 heterocycles. The molecule has 2 aliphatic rings. The molecule has 1 aliphatic carbocycles. The lowest BCUT2D eigenvalue weighted by Crippen LogP contribution is -2.60. The van der Waals surface area contributed by atoms with Crippen LogP contribution in [0, 0.1) is 19.8 Å². The number of hydrogen-bond donors (Lipinski definition) is 1. The molecule has 1 unspecified atom stereocenters. The lowest BCUT2D eigenvalue weighted by Gasteiger charge is -2.48. The normalized spacial score (nSPS) is 21.8. The number of nitrogens with zero attached hydrogens (tertiary/aromatic N) is 3. The van der Waals surface area contributed by atoms with Gasteiger partial charge in [-0.3, -0.25) is 14.4 Å². The predicted octanol–water partition coefficient (Wildman–Crippen LogP) is 2.37. The first kappa shape index (κ1) is 20.3. The van der Waals surface area contributed by atoms with E-state index in [4.69, 9.17) is 4.74 Å². The van der Waals surface area contributed by atoms with Gasteiger partial charge in [-0.15, -0.1) is 0 Å². The summed E-state index contributed by atoms with van der Waals surface area (Å²) in [5.41, 5.74) is 3.52. The summed E-state index contributed by atoms with van der Waals surface area (Å²) in [6, 6.07) is 0. The highest BCUT2D eigenvalue weighted by Crippen LogP contribution is 2.34. The van der Waals surface area contributed by atoms with Crippen molar-refractivity contribution in [1.29, 1.82) is 0 Å². The quantitative estimate of drug-likeness (QED) is 0.828. The molecule has 3 rings (SSSR count). The largest absolute Gasteiger partial charge is 0.379 e. The number of aromatic nitrogens is 2. The summed E-state index contributed by atoms with van der Waals surface area (Å²) in [7, 11) is 1.96. The highest BCUT2D eigenvalue weighted by Gasteiger charge is 2.39. The zero-order valence-electron chi connectivity index (χ0n) is 17.5. The van der Waals surface area contributed by atoms with Crippen molar-refractivity contribution in [2.45, 2.75) is 64.8 Å². The molecule has 1 aromatic heterocycles. The highest BCUT2D eigenvalue weighted by molar-refractivity contribution is 5.78. The molecular weight excluding hydrogens is 340 g/mol. The van der Waals surface area contributed by atoms with Crippen LogP contribution in [0.2, 0.25) is 0 Å². The van der Waals surface area contributed by atoms with Gasteiger partial charge in [-0.25, -0.2) is 0 Å². The molecule has 1 atom stereocenters. The number of morpholine rings is 1. The van der Waals surface area contributed by atoms with Crippen molar-refractivity contribution in [1.82, 2.24) is 20.0 Å². The van der Waals surface area contributed by atoms with Crippen molar-refractivity contribution in [3.63, 3.8) is 0 Å². The van der Waals surface area contributed by atoms with Gasteiger partial charge in [0.1, 0.15) is 0 Å². The van der Waals surface area contributed by atoms with Gasteiger partial charge in [0.15, 0.2) is 0 Å². The molecule has 0 spiro atoms. The number of nitrogens with one attached hydrogen (secondary N) is 1. The number of aryl methyl sites for hydroxylation is 2. The Morgan fingerprint density at radius 3 is 2.48 bits per heavy atom. The Balaban J connectivity index is 1.61. The Labute approximate surface area is 163 Å². The number of carbonyl (C=O) groups is 1. The maximum atomic E-state index is 12.9. The zero-order chi connectivity index (χ0) is 19.4. The van der Waals surface area contributed by atoms with Crippen LogP contribution in [0.15, 0.2) is 0 Å². The van der Waals surface area contributed by atoms with E-state index < -0.39 is 0 Å². The Morgan fingerprint density at radius 2 is 1.89 bits per heavy atom. The number of ether oxygens (including phenoxy) is 1. The summed E-state index contributed by atoms with van der Waals surface area (Å²) >= 11 is 0. The van der Waals surface area contributed by atoms with E-state index in [1.807, 2.05) is 25.6 Å². The molecule has 1 amide bonds. The van der Waals surface area contributed by atoms with Gasteiger partial charge in [-0.2, -0.15) is 5.10 Å². The van der Waals surface area contributed by atoms with Crippen LogP contribution in [0.1, 0.15) is 56.0 Å². The van der Waals surface area contributed by atoms with Gasteiger partial charge in [0.2, 0.25) is 5.91 Å². The van der Waals surface area contributed by atoms with Gasteiger partial charge < -0.3 is 10.1 Å². The lowest BCUT2D eigenvalue weighted by atomic mass is 9.79. The van der Waals surface area contributed by atoms with Gasteiger partial charge in [-0.1, -0.05) is 26.2 Å². The molecule has 0 aromatic carbocycles. The summed E-state index contributed by atoms with van der Waals surface area (Å²) in [6.07, 6.45) is 6.95. The minimum absolute atomic E-state index is 0.0445. The second kappa shape index (κ2) is 8.74. The van der Waals surface area contributed by atoms with E-state index in [2.05, 4.69) is 22.2 Å². The molecule has 0 bridgehead atoms. The molecule has 1 aliphatic heterocycles. The van der Waals surface area contributed by atoms with Crippen LogP contribution in [0.4, 0.5) is 0 Å². The summed E-state index contributed by atoms with van der Waals surface area (Å²) < 4.78 is 7.46. The molecule has 2 fully saturated rings. The van der Waals surface area contributed by atoms with Crippen molar-refractivity contribution in [2.75, 3.05) is 32.8 Å². The van der Waals surface area contributed by atoms with Crippen LogP contribution in [-0.4, -0.2) is 59.0 Å². The molecule has 6 heteroatoms. The Morgan fingerprint density at radius 1 is 1.22 bits per heavy atom. The van der Waals surface area contributed by atoms with Crippen molar-refractivity contribution in [3.05, 3.63) is 17.0 Å². The number of rotatable bonds is 6. The topological polar surface area (TPSA) is 59.4 Å². The van der Waals surface area contributed by atoms with Crippen molar-refractivity contribution >= 4 is 5.91 Å². The monoisotopic (exact) mass is 376 g/mol. The third-order valence-electron chi connectivity index (χ3n) is 6.67. The fraction of sp³-hybridized carbons (Fsp3) is 0.810. The minimum atomic E-state index is -0.0445. The van der Waals surface area contributed by atoms with E-state index in [9.17, 15) is 4.79 Å². The smallest absolute Gasteiger partial charge is 0.223 e. The van der Waals surface area contributed by atoms with Crippen molar-refractivity contribution < 1.29 is 9.53 Å². The van der Waals surface area contributed by atoms with Crippen LogP contribution in [0.25, 0.3) is 0 Å². The molecule has 1 N–H and O–H groups in total. The van der Waals surface area contributed by atoms with Crippen molar-refractivity contribution in [3.8, 4) is 0 Å². The first-order chi connectivity index (χ1) is 12.9. The van der Waals surface area contributed by atoms with E-state index in [1.54, 1.807) is 0 Å². The minimum Gasteiger partial charge on any atom is -0.379 e. The summed E-state index contributed by atoms with van der Waals surface area (Å²) in [6.45, 7) is 10.5. The number of hydrogen-bond acceptors (Lipinski definition) is 4. The summed E-state index contributed by atoms with van der Waals surface area (Å²) in [5.74, 6) is 0.118. The highest BCUT2D eigenvalue weighted by atomic mass is 16.5. The van der Waals surface area contributed by atoms with E-state index >= 15 is 0 Å². The SMILES string of the molecule is Cc1nn(C)c(C)c1CC(C)C(=O)NCC1(N2CCOCC2)CCCCC1. The molecule has 1 saturated carbocycles. The molecule has 1 saturated heterocycles. The van der Waals surface area contributed by atoms with Crippen LogP contribution < -0.4 is 5.32 Å². The maximum Gasteiger partial charge on any atom is 0.223 e. The summed E-state index contributed by atoms with van der Waals surface area (Å²) in [4.78, 5) is 15.4. The van der Waals surface area contributed by atoms with E-state index in [1.165, 1.54) is 37.7 Å². The first-order valence-corrected chi connectivity index (χ1v) is 10.5. The van der Waals surface area contributed by atoms with Crippen LogP contribution in [0.3, 0.4) is 0 Å². The summed E-state index contributed by atoms with van der Waals surface area (Å²) in [5, 5.41) is 7.79. The molecule has 1 aromatic rings. The second-order valence-corrected chi connectivity index (χ2v) is 8.48. The Kier molecular flexibility index (Phi) is 6.58. The third kappa shape index (κ3) is 4.54. The Bertz CT molecular complexity index is 643. The lowest BCUT2D eigenvalue weighted by molar-refractivity contribution is -0.125. The van der Waals surface area contributed by atoms with Gasteiger partial charge >= 0.3 is 0 Å². The van der Waals surface area contributed by atoms with E-state index in [0.29, 0.717) is 0 Å². The Hall–Kier alpha value is -1.40. The van der Waals surface area contributed by atoms with Gasteiger partial charge in [0.05, 0.1) is 18.9 Å². The molecule has 27 heavy (non-hydrogen) atoms. The standard InChI is InChI=1S/C21H36N4O2/c1-16(14-19-17(2)23-24(4)18(19)3)20(26)22-15-21(8-6-5-7-9-21)25-10-12-27-13-11-25/h16H,5-15H2,1-4H3,(H,22,26). The maximum absolute atomic E-state index is 12.9. The van der Waals surface area contributed by atoms with Crippen molar-refractivity contribution in [2.24, 2.45) is 13.0 Å². The van der Waals surface area contributed by atoms with Crippen LogP contribution in [-0.2, 0) is 23.0 Å². The predicted molar refractivity (Wildman–Crippen MR) is 107 cm³/mol. The van der Waals surface area contributed by atoms with E-state index in [-0.39, 0.29) is 17.4 Å². The van der Waals surface area contributed by atoms with Crippen LogP contribution in [0.5, 0.6) is 0 Å². The number of amides is 1. The fourth-order valence-corrected chi connectivity index (χ4v) is 4.79. The van der Waals surface area contributed by atoms with Gasteiger partial charge in [0, 0.05) is 43.8 Å². The third-order valence-corrected chi connectivity index (χ3v) is 6.67. The van der Waals surface area contributed by atoms with Gasteiger partial charge in [-0.05, 0) is 38.7 Å². The first-order valence-electron chi connectivity index (χ1n) is 10.5. The molecular formula is C21H36N4O2. The molecule has 0 radical (unpaired) electrons. The zero-order valence-corrected chi connectivity index (χ0v) is 17.5. The second-order valence-electron chi connectivity index (χ2n) is 8.48. The van der Waals surface area contributed by atoms with Crippen LogP contribution >= 0.6 is 0 Å². The van der Waals surface area contributed by atoms with Gasteiger partial charge in [0.25, 0.3) is 0 Å². The molecule has 152 valence electrons. The molecule has 6 nitrogen and oxygen atoms in total. The fourth-order valence-electron chi connectivity index (χ4n) is 4.79. The number of carbonyl (C=O) groups excluding carboxylic acids is 1. The average molecular weight is 377 g/mol. The van der Waals surface area contributed by atoms with E-state index in [0.717, 1.165) is 50.7 Å².